The van der Waals surface area contributed by atoms with Gasteiger partial charge in [0.1, 0.15) is 11.7 Å². The first-order valence-electron chi connectivity index (χ1n) is 7.42. The maximum absolute atomic E-state index is 12.5. The first-order valence-corrected chi connectivity index (χ1v) is 7.80. The Balaban J connectivity index is 1.74. The van der Waals surface area contributed by atoms with Gasteiger partial charge in [-0.15, -0.1) is 0 Å². The molecule has 0 unspecified atom stereocenters. The number of aliphatic imine (C=N–C) groups is 1. The molecule has 2 aromatic rings. The second kappa shape index (κ2) is 5.56. The van der Waals surface area contributed by atoms with Crippen LogP contribution >= 0.6 is 11.6 Å². The SMILES string of the molecule is O=C(C=C1Nc2cc(Cl)ccc2C2=NCCN12)c1ccccc1. The van der Waals surface area contributed by atoms with Crippen LogP contribution in [0.3, 0.4) is 0 Å². The van der Waals surface area contributed by atoms with E-state index in [-0.39, 0.29) is 5.78 Å². The van der Waals surface area contributed by atoms with Gasteiger partial charge in [0.25, 0.3) is 0 Å². The smallest absolute Gasteiger partial charge is 0.189 e. The Morgan fingerprint density at radius 3 is 2.87 bits per heavy atom. The maximum atomic E-state index is 12.5. The summed E-state index contributed by atoms with van der Waals surface area (Å²) < 4.78 is 0. The number of benzene rings is 2. The second-order valence-electron chi connectivity index (χ2n) is 5.43. The Morgan fingerprint density at radius 2 is 2.04 bits per heavy atom. The summed E-state index contributed by atoms with van der Waals surface area (Å²) in [6.45, 7) is 1.48. The molecule has 0 radical (unpaired) electrons. The van der Waals surface area contributed by atoms with Gasteiger partial charge in [0.05, 0.1) is 12.2 Å². The summed E-state index contributed by atoms with van der Waals surface area (Å²) in [5, 5.41) is 3.96. The molecule has 0 atom stereocenters. The summed E-state index contributed by atoms with van der Waals surface area (Å²) in [6, 6.07) is 14.9. The van der Waals surface area contributed by atoms with Crippen LogP contribution in [-0.2, 0) is 0 Å². The van der Waals surface area contributed by atoms with E-state index in [4.69, 9.17) is 11.6 Å². The van der Waals surface area contributed by atoms with Crippen molar-refractivity contribution in [2.24, 2.45) is 4.99 Å². The van der Waals surface area contributed by atoms with Gasteiger partial charge in [-0.3, -0.25) is 9.79 Å². The molecule has 5 heteroatoms. The first-order chi connectivity index (χ1) is 11.2. The van der Waals surface area contributed by atoms with E-state index >= 15 is 0 Å². The molecule has 0 amide bonds. The molecule has 114 valence electrons. The van der Waals surface area contributed by atoms with E-state index in [9.17, 15) is 4.79 Å². The van der Waals surface area contributed by atoms with Crippen LogP contribution in [0.1, 0.15) is 15.9 Å². The highest BCUT2D eigenvalue weighted by Crippen LogP contribution is 2.32. The Kier molecular flexibility index (Phi) is 3.39. The first kappa shape index (κ1) is 14.0. The van der Waals surface area contributed by atoms with Gasteiger partial charge in [-0.05, 0) is 18.2 Å². The summed E-state index contributed by atoms with van der Waals surface area (Å²) >= 11 is 6.09. The van der Waals surface area contributed by atoms with Gasteiger partial charge in [-0.2, -0.15) is 0 Å². The van der Waals surface area contributed by atoms with Crippen molar-refractivity contribution in [2.45, 2.75) is 0 Å². The third-order valence-corrected chi connectivity index (χ3v) is 4.18. The van der Waals surface area contributed by atoms with Crippen molar-refractivity contribution < 1.29 is 4.79 Å². The second-order valence-corrected chi connectivity index (χ2v) is 5.87. The van der Waals surface area contributed by atoms with E-state index in [1.165, 1.54) is 0 Å². The van der Waals surface area contributed by atoms with Gasteiger partial charge < -0.3 is 10.2 Å². The van der Waals surface area contributed by atoms with Crippen LogP contribution in [0.5, 0.6) is 0 Å². The molecule has 2 aliphatic heterocycles. The largest absolute Gasteiger partial charge is 0.341 e. The van der Waals surface area contributed by atoms with E-state index in [1.807, 2.05) is 53.4 Å². The van der Waals surface area contributed by atoms with Crippen LogP contribution in [0.25, 0.3) is 0 Å². The van der Waals surface area contributed by atoms with E-state index in [2.05, 4.69) is 10.3 Å². The van der Waals surface area contributed by atoms with Crippen molar-refractivity contribution in [3.63, 3.8) is 0 Å². The number of allylic oxidation sites excluding steroid dienone is 1. The van der Waals surface area contributed by atoms with Gasteiger partial charge in [0, 0.05) is 28.8 Å². The standard InChI is InChI=1S/C18H14ClN3O/c19-13-6-7-14-15(10-13)21-17(22-9-8-20-18(14)22)11-16(23)12-4-2-1-3-5-12/h1-7,10-11,21H,8-9H2. The van der Waals surface area contributed by atoms with Crippen LogP contribution in [0.4, 0.5) is 5.69 Å². The fraction of sp³-hybridized carbons (Fsp3) is 0.111. The van der Waals surface area contributed by atoms with Crippen molar-refractivity contribution in [1.29, 1.82) is 0 Å². The zero-order valence-corrected chi connectivity index (χ0v) is 13.0. The number of ketones is 1. The van der Waals surface area contributed by atoms with E-state index in [0.717, 1.165) is 36.0 Å². The average Bonchev–Trinajstić information content (AvgIpc) is 3.05. The normalized spacial score (nSPS) is 17.3. The van der Waals surface area contributed by atoms with Crippen LogP contribution in [0, 0.1) is 0 Å². The predicted octanol–water partition coefficient (Wildman–Crippen LogP) is 3.55. The number of rotatable bonds is 2. The number of amidine groups is 1. The van der Waals surface area contributed by atoms with Gasteiger partial charge in [0.15, 0.2) is 5.78 Å². The zero-order valence-electron chi connectivity index (χ0n) is 12.3. The lowest BCUT2D eigenvalue weighted by atomic mass is 10.1. The number of anilines is 1. The van der Waals surface area contributed by atoms with Crippen molar-refractivity contribution >= 4 is 28.9 Å². The molecule has 23 heavy (non-hydrogen) atoms. The summed E-state index contributed by atoms with van der Waals surface area (Å²) in [7, 11) is 0. The van der Waals surface area contributed by atoms with Crippen LogP contribution < -0.4 is 5.32 Å². The highest BCUT2D eigenvalue weighted by atomic mass is 35.5. The fourth-order valence-corrected chi connectivity index (χ4v) is 3.03. The number of fused-ring (bicyclic) bond motifs is 3. The quantitative estimate of drug-likeness (QED) is 0.679. The van der Waals surface area contributed by atoms with E-state index in [1.54, 1.807) is 6.08 Å². The molecule has 0 aromatic heterocycles. The molecule has 1 N–H and O–H groups in total. The van der Waals surface area contributed by atoms with Crippen molar-refractivity contribution in [1.82, 2.24) is 4.90 Å². The topological polar surface area (TPSA) is 44.7 Å². The Morgan fingerprint density at radius 1 is 1.22 bits per heavy atom. The zero-order chi connectivity index (χ0) is 15.8. The Labute approximate surface area is 139 Å². The van der Waals surface area contributed by atoms with Crippen LogP contribution in [0.2, 0.25) is 5.02 Å². The molecule has 2 heterocycles. The summed E-state index contributed by atoms with van der Waals surface area (Å²) in [5.41, 5.74) is 2.55. The van der Waals surface area contributed by atoms with Crippen molar-refractivity contribution in [3.8, 4) is 0 Å². The molecular formula is C18H14ClN3O. The molecule has 2 aliphatic rings. The highest BCUT2D eigenvalue weighted by Gasteiger charge is 2.29. The molecule has 0 saturated carbocycles. The van der Waals surface area contributed by atoms with E-state index in [0.29, 0.717) is 10.6 Å². The number of hydrogen-bond donors (Lipinski definition) is 1. The predicted molar refractivity (Wildman–Crippen MR) is 92.0 cm³/mol. The van der Waals surface area contributed by atoms with E-state index < -0.39 is 0 Å². The summed E-state index contributed by atoms with van der Waals surface area (Å²) in [4.78, 5) is 19.1. The maximum Gasteiger partial charge on any atom is 0.189 e. The number of nitrogens with zero attached hydrogens (tertiary/aromatic N) is 2. The molecule has 0 aliphatic carbocycles. The van der Waals surface area contributed by atoms with Gasteiger partial charge in [-0.25, -0.2) is 0 Å². The third-order valence-electron chi connectivity index (χ3n) is 3.94. The number of hydrogen-bond acceptors (Lipinski definition) is 4. The Hall–Kier alpha value is -2.59. The molecule has 4 rings (SSSR count). The molecule has 0 bridgehead atoms. The summed E-state index contributed by atoms with van der Waals surface area (Å²) in [6.07, 6.45) is 1.63. The molecule has 2 aromatic carbocycles. The minimum absolute atomic E-state index is 0.0372. The minimum atomic E-state index is -0.0372. The van der Waals surface area contributed by atoms with Crippen LogP contribution in [-0.4, -0.2) is 29.6 Å². The van der Waals surface area contributed by atoms with Gasteiger partial charge in [-0.1, -0.05) is 41.9 Å². The lowest BCUT2D eigenvalue weighted by Crippen LogP contribution is -2.36. The lowest BCUT2D eigenvalue weighted by Gasteiger charge is -2.31. The third kappa shape index (κ3) is 2.51. The number of halogens is 1. The fourth-order valence-electron chi connectivity index (χ4n) is 2.86. The monoisotopic (exact) mass is 323 g/mol. The van der Waals surface area contributed by atoms with Crippen molar-refractivity contribution in [2.75, 3.05) is 18.4 Å². The molecule has 0 fully saturated rings. The number of carbonyl (C=O) groups is 1. The lowest BCUT2D eigenvalue weighted by molar-refractivity contribution is 0.104. The molecule has 0 saturated heterocycles. The highest BCUT2D eigenvalue weighted by molar-refractivity contribution is 6.31. The number of nitrogens with one attached hydrogen (secondary N) is 1. The average molecular weight is 324 g/mol. The minimum Gasteiger partial charge on any atom is -0.341 e. The van der Waals surface area contributed by atoms with Crippen LogP contribution in [0.15, 0.2) is 65.4 Å². The Bertz CT molecular complexity index is 843. The number of carbonyl (C=O) groups excluding carboxylic acids is 1. The molecular weight excluding hydrogens is 310 g/mol. The molecule has 0 spiro atoms. The van der Waals surface area contributed by atoms with Gasteiger partial charge >= 0.3 is 0 Å². The van der Waals surface area contributed by atoms with Gasteiger partial charge in [0.2, 0.25) is 0 Å². The summed E-state index contributed by atoms with van der Waals surface area (Å²) in [5.74, 6) is 1.59. The van der Waals surface area contributed by atoms with Crippen molar-refractivity contribution in [3.05, 3.63) is 76.6 Å². The molecule has 4 nitrogen and oxygen atoms in total.